The van der Waals surface area contributed by atoms with E-state index in [1.165, 1.54) is 29.0 Å². The zero-order valence-corrected chi connectivity index (χ0v) is 15.2. The molecule has 148 valence electrons. The number of barbiturate groups is 1. The molecule has 2 N–H and O–H groups in total. The molecule has 4 rings (SSSR count). The molecule has 0 atom stereocenters. The lowest BCUT2D eigenvalue weighted by atomic mass is 10.0. The van der Waals surface area contributed by atoms with Crippen LogP contribution in [0.15, 0.2) is 66.4 Å². The van der Waals surface area contributed by atoms with Crippen LogP contribution in [0.3, 0.4) is 0 Å². The van der Waals surface area contributed by atoms with Gasteiger partial charge in [0.15, 0.2) is 0 Å². The van der Waals surface area contributed by atoms with E-state index in [-0.39, 0.29) is 11.3 Å². The number of nitrogens with one attached hydrogen (secondary N) is 2. The average Bonchev–Trinajstić information content (AvgIpc) is 3.15. The zero-order valence-electron chi connectivity index (χ0n) is 15.2. The average molecular weight is 403 g/mol. The first-order valence-corrected chi connectivity index (χ1v) is 8.70. The molecule has 1 aliphatic heterocycles. The van der Waals surface area contributed by atoms with Gasteiger partial charge in [0.25, 0.3) is 17.5 Å². The van der Waals surface area contributed by atoms with Gasteiger partial charge < -0.3 is 0 Å². The Kier molecular flexibility index (Phi) is 4.64. The fraction of sp³-hybridized carbons (Fsp3) is 0. The second-order valence-corrected chi connectivity index (χ2v) is 6.32. The maximum atomic E-state index is 12.1. The van der Waals surface area contributed by atoms with E-state index in [0.717, 1.165) is 0 Å². The van der Waals surface area contributed by atoms with Gasteiger partial charge >= 0.3 is 6.03 Å². The molecular weight excluding hydrogens is 390 g/mol. The fourth-order valence-electron chi connectivity index (χ4n) is 2.96. The van der Waals surface area contributed by atoms with Gasteiger partial charge in [0.1, 0.15) is 11.3 Å². The highest BCUT2D eigenvalue weighted by molar-refractivity contribution is 6.31. The molecule has 10 nitrogen and oxygen atoms in total. The lowest BCUT2D eigenvalue weighted by Crippen LogP contribution is -2.51. The van der Waals surface area contributed by atoms with E-state index in [1.807, 2.05) is 28.8 Å². The number of nitro benzene ring substituents is 1. The molecule has 1 aliphatic rings. The third kappa shape index (κ3) is 3.56. The molecule has 0 radical (unpaired) electrons. The van der Waals surface area contributed by atoms with Crippen molar-refractivity contribution in [3.63, 3.8) is 0 Å². The van der Waals surface area contributed by atoms with E-state index in [0.29, 0.717) is 22.5 Å². The number of non-ortho nitro benzene ring substituents is 1. The van der Waals surface area contributed by atoms with Crippen molar-refractivity contribution in [1.29, 1.82) is 0 Å². The number of rotatable bonds is 4. The summed E-state index contributed by atoms with van der Waals surface area (Å²) in [6.07, 6.45) is 2.88. The Morgan fingerprint density at radius 2 is 1.67 bits per heavy atom. The van der Waals surface area contributed by atoms with Crippen molar-refractivity contribution in [2.75, 3.05) is 0 Å². The Labute approximate surface area is 169 Å². The highest BCUT2D eigenvalue weighted by Crippen LogP contribution is 2.28. The number of nitrogens with zero attached hydrogens (tertiary/aromatic N) is 3. The Morgan fingerprint density at radius 1 is 0.967 bits per heavy atom. The summed E-state index contributed by atoms with van der Waals surface area (Å²) >= 11 is 0. The lowest BCUT2D eigenvalue weighted by Gasteiger charge is -2.13. The number of carbonyl (C=O) groups is 3. The topological polar surface area (TPSA) is 136 Å². The predicted molar refractivity (Wildman–Crippen MR) is 105 cm³/mol. The van der Waals surface area contributed by atoms with Crippen molar-refractivity contribution in [2.45, 2.75) is 0 Å². The van der Waals surface area contributed by atoms with Gasteiger partial charge in [0.05, 0.1) is 10.6 Å². The van der Waals surface area contributed by atoms with Crippen molar-refractivity contribution < 1.29 is 19.3 Å². The van der Waals surface area contributed by atoms with Gasteiger partial charge in [-0.1, -0.05) is 30.3 Å². The van der Waals surface area contributed by atoms with Crippen molar-refractivity contribution in [3.8, 4) is 16.9 Å². The van der Waals surface area contributed by atoms with Crippen LogP contribution in [0.4, 0.5) is 10.5 Å². The minimum absolute atomic E-state index is 0.126. The molecule has 0 saturated carbocycles. The third-order valence-electron chi connectivity index (χ3n) is 4.34. The largest absolute Gasteiger partial charge is 0.328 e. The highest BCUT2D eigenvalue weighted by Gasteiger charge is 2.28. The SMILES string of the molecule is O=C1NC(=O)C(=Cc2cn(-c3ccccc3)nc2-c2cccc([N+](=O)[O-])c2)C(=O)N1. The van der Waals surface area contributed by atoms with Gasteiger partial charge in [-0.3, -0.25) is 30.3 Å². The molecule has 1 saturated heterocycles. The number of hydrogen-bond acceptors (Lipinski definition) is 6. The fourth-order valence-corrected chi connectivity index (χ4v) is 2.96. The van der Waals surface area contributed by atoms with Gasteiger partial charge in [-0.05, 0) is 18.2 Å². The Balaban J connectivity index is 1.88. The summed E-state index contributed by atoms with van der Waals surface area (Å²) in [5.74, 6) is -1.69. The minimum atomic E-state index is -0.902. The monoisotopic (exact) mass is 403 g/mol. The lowest BCUT2D eigenvalue weighted by molar-refractivity contribution is -0.384. The van der Waals surface area contributed by atoms with Gasteiger partial charge in [0, 0.05) is 29.5 Å². The number of imide groups is 2. The van der Waals surface area contributed by atoms with E-state index >= 15 is 0 Å². The molecule has 2 heterocycles. The summed E-state index contributed by atoms with van der Waals surface area (Å²) in [6, 6.07) is 14.0. The van der Waals surface area contributed by atoms with Crippen molar-refractivity contribution in [3.05, 3.63) is 82.0 Å². The van der Waals surface area contributed by atoms with Gasteiger partial charge in [-0.2, -0.15) is 5.10 Å². The summed E-state index contributed by atoms with van der Waals surface area (Å²) in [5.41, 5.74) is 1.43. The molecule has 30 heavy (non-hydrogen) atoms. The number of para-hydroxylation sites is 1. The van der Waals surface area contributed by atoms with E-state index in [1.54, 1.807) is 24.4 Å². The Hall–Kier alpha value is -4.60. The van der Waals surface area contributed by atoms with Crippen LogP contribution in [0.5, 0.6) is 0 Å². The molecule has 3 aromatic rings. The first-order chi connectivity index (χ1) is 14.4. The minimum Gasteiger partial charge on any atom is -0.273 e. The number of amides is 4. The molecule has 0 aliphatic carbocycles. The number of benzene rings is 2. The number of aromatic nitrogens is 2. The van der Waals surface area contributed by atoms with E-state index in [4.69, 9.17) is 0 Å². The molecule has 4 amide bonds. The van der Waals surface area contributed by atoms with Crippen molar-refractivity contribution in [2.24, 2.45) is 0 Å². The molecule has 10 heteroatoms. The molecule has 2 aromatic carbocycles. The summed E-state index contributed by atoms with van der Waals surface area (Å²) < 4.78 is 1.53. The van der Waals surface area contributed by atoms with Crippen LogP contribution in [-0.4, -0.2) is 32.5 Å². The van der Waals surface area contributed by atoms with Crippen LogP contribution in [0, 0.1) is 10.1 Å². The third-order valence-corrected chi connectivity index (χ3v) is 4.34. The number of nitro groups is 1. The summed E-state index contributed by atoms with van der Waals surface area (Å²) in [7, 11) is 0. The first kappa shape index (κ1) is 18.7. The summed E-state index contributed by atoms with van der Waals surface area (Å²) in [6.45, 7) is 0. The molecule has 1 fully saturated rings. The Bertz CT molecular complexity index is 1210. The molecule has 0 unspecified atom stereocenters. The number of carbonyl (C=O) groups excluding carboxylic acids is 3. The predicted octanol–water partition coefficient (Wildman–Crippen LogP) is 2.20. The second kappa shape index (κ2) is 7.43. The maximum absolute atomic E-state index is 12.1. The molecular formula is C20H13N5O5. The smallest absolute Gasteiger partial charge is 0.273 e. The van der Waals surface area contributed by atoms with Crippen molar-refractivity contribution >= 4 is 29.6 Å². The zero-order chi connectivity index (χ0) is 21.3. The molecule has 0 spiro atoms. The van der Waals surface area contributed by atoms with E-state index in [9.17, 15) is 24.5 Å². The van der Waals surface area contributed by atoms with Crippen LogP contribution in [-0.2, 0) is 9.59 Å². The van der Waals surface area contributed by atoms with Crippen LogP contribution in [0.25, 0.3) is 23.0 Å². The normalized spacial score (nSPS) is 13.6. The van der Waals surface area contributed by atoms with Gasteiger partial charge in [-0.15, -0.1) is 0 Å². The van der Waals surface area contributed by atoms with E-state index in [2.05, 4.69) is 5.10 Å². The van der Waals surface area contributed by atoms with Crippen molar-refractivity contribution in [1.82, 2.24) is 20.4 Å². The number of hydrogen-bond donors (Lipinski definition) is 2. The van der Waals surface area contributed by atoms with Crippen LogP contribution in [0.1, 0.15) is 5.56 Å². The summed E-state index contributed by atoms with van der Waals surface area (Å²) in [4.78, 5) is 46.1. The van der Waals surface area contributed by atoms with E-state index < -0.39 is 22.8 Å². The van der Waals surface area contributed by atoms with Crippen LogP contribution < -0.4 is 10.6 Å². The quantitative estimate of drug-likeness (QED) is 0.297. The Morgan fingerprint density at radius 3 is 2.33 bits per heavy atom. The maximum Gasteiger partial charge on any atom is 0.328 e. The molecule has 0 bridgehead atoms. The van der Waals surface area contributed by atoms with Gasteiger partial charge in [0.2, 0.25) is 0 Å². The van der Waals surface area contributed by atoms with Crippen LogP contribution >= 0.6 is 0 Å². The second-order valence-electron chi connectivity index (χ2n) is 6.32. The molecule has 1 aromatic heterocycles. The summed E-state index contributed by atoms with van der Waals surface area (Å²) in [5, 5.41) is 19.7. The highest BCUT2D eigenvalue weighted by atomic mass is 16.6. The number of urea groups is 1. The van der Waals surface area contributed by atoms with Crippen LogP contribution in [0.2, 0.25) is 0 Å². The first-order valence-electron chi connectivity index (χ1n) is 8.70. The standard InChI is InChI=1S/C20H13N5O5/c26-18-16(19(27)22-20(28)21-18)10-13-11-24(14-6-2-1-3-7-14)23-17(13)12-5-4-8-15(9-12)25(29)30/h1-11H,(H2,21,22,26,27,28). The van der Waals surface area contributed by atoms with Gasteiger partial charge in [-0.25, -0.2) is 9.48 Å².